The van der Waals surface area contributed by atoms with E-state index in [9.17, 15) is 9.59 Å². The second kappa shape index (κ2) is 10.7. The summed E-state index contributed by atoms with van der Waals surface area (Å²) in [6, 6.07) is 27.0. The largest absolute Gasteiger partial charge is 0.369 e. The van der Waals surface area contributed by atoms with E-state index >= 15 is 0 Å². The lowest BCUT2D eigenvalue weighted by Crippen LogP contribution is -2.49. The van der Waals surface area contributed by atoms with Gasteiger partial charge in [0.25, 0.3) is 5.91 Å². The molecule has 1 atom stereocenters. The average molecular weight is 469 g/mol. The van der Waals surface area contributed by atoms with Crippen LogP contribution in [0, 0.1) is 0 Å². The first kappa shape index (κ1) is 23.1. The maximum atomic E-state index is 13.3. The highest BCUT2D eigenvalue weighted by Crippen LogP contribution is 2.33. The van der Waals surface area contributed by atoms with Gasteiger partial charge in [0, 0.05) is 56.1 Å². The summed E-state index contributed by atoms with van der Waals surface area (Å²) in [5.74, 6) is -0.216. The van der Waals surface area contributed by atoms with Crippen LogP contribution in [0.4, 0.5) is 11.4 Å². The minimum atomic E-state index is -0.519. The minimum absolute atomic E-state index is 0.0839. The molecule has 0 radical (unpaired) electrons. The van der Waals surface area contributed by atoms with Gasteiger partial charge in [-0.05, 0) is 48.9 Å². The number of hydrogen-bond acceptors (Lipinski definition) is 4. The topological polar surface area (TPSA) is 55.9 Å². The molecule has 180 valence electrons. The van der Waals surface area contributed by atoms with Gasteiger partial charge < -0.3 is 10.2 Å². The van der Waals surface area contributed by atoms with Crippen molar-refractivity contribution in [1.29, 1.82) is 0 Å². The molecule has 5 rings (SSSR count). The predicted octanol–water partition coefficient (Wildman–Crippen LogP) is 3.59. The summed E-state index contributed by atoms with van der Waals surface area (Å²) in [5.41, 5.74) is 3.74. The fourth-order valence-corrected chi connectivity index (χ4v) is 5.07. The molecule has 0 saturated carbocycles. The molecule has 0 spiro atoms. The van der Waals surface area contributed by atoms with E-state index in [-0.39, 0.29) is 11.8 Å². The Bertz CT molecular complexity index is 1140. The number of nitrogens with zero attached hydrogens (tertiary/aromatic N) is 3. The Morgan fingerprint density at radius 3 is 2.20 bits per heavy atom. The summed E-state index contributed by atoms with van der Waals surface area (Å²) in [6.45, 7) is 5.67. The van der Waals surface area contributed by atoms with Gasteiger partial charge in [-0.25, -0.2) is 0 Å². The normalized spacial score (nSPS) is 17.8. The van der Waals surface area contributed by atoms with Crippen LogP contribution in [0.15, 0.2) is 84.9 Å². The van der Waals surface area contributed by atoms with E-state index in [0.717, 1.165) is 50.4 Å². The summed E-state index contributed by atoms with van der Waals surface area (Å²) in [7, 11) is 0. The van der Waals surface area contributed by atoms with Crippen LogP contribution in [-0.4, -0.2) is 62.0 Å². The van der Waals surface area contributed by atoms with Gasteiger partial charge in [0.1, 0.15) is 6.04 Å². The molecule has 2 amide bonds. The van der Waals surface area contributed by atoms with Gasteiger partial charge in [0.2, 0.25) is 5.91 Å². The fraction of sp³-hybridized carbons (Fsp3) is 0.310. The van der Waals surface area contributed by atoms with Crippen LogP contribution in [0.2, 0.25) is 0 Å². The standard InChI is InChI=1S/C29H32N4O2/c34-28(30-16-9-17-31-18-20-32(21-19-31)25-13-5-2-6-14-25)27-22-24-12-7-8-15-26(24)33(27)29(35)23-10-3-1-4-11-23/h1-8,10-15,27H,9,16-22H2,(H,30,34). The van der Waals surface area contributed by atoms with Crippen molar-refractivity contribution in [1.82, 2.24) is 10.2 Å². The quantitative estimate of drug-likeness (QED) is 0.539. The third kappa shape index (κ3) is 5.23. The second-order valence-electron chi connectivity index (χ2n) is 9.20. The van der Waals surface area contributed by atoms with Crippen LogP contribution < -0.4 is 15.1 Å². The van der Waals surface area contributed by atoms with Gasteiger partial charge in [-0.1, -0.05) is 54.6 Å². The zero-order valence-corrected chi connectivity index (χ0v) is 20.0. The zero-order chi connectivity index (χ0) is 24.0. The van der Waals surface area contributed by atoms with Crippen LogP contribution in [-0.2, 0) is 11.2 Å². The lowest BCUT2D eigenvalue weighted by molar-refractivity contribution is -0.122. The van der Waals surface area contributed by atoms with Crippen molar-refractivity contribution in [2.45, 2.75) is 18.9 Å². The van der Waals surface area contributed by atoms with Gasteiger partial charge in [-0.15, -0.1) is 0 Å². The van der Waals surface area contributed by atoms with Gasteiger partial charge in [-0.2, -0.15) is 0 Å². The van der Waals surface area contributed by atoms with Crippen LogP contribution in [0.25, 0.3) is 0 Å². The molecule has 6 nitrogen and oxygen atoms in total. The highest BCUT2D eigenvalue weighted by molar-refractivity contribution is 6.11. The fourth-order valence-electron chi connectivity index (χ4n) is 5.07. The van der Waals surface area contributed by atoms with Gasteiger partial charge in [-0.3, -0.25) is 19.4 Å². The van der Waals surface area contributed by atoms with Crippen molar-refractivity contribution < 1.29 is 9.59 Å². The second-order valence-corrected chi connectivity index (χ2v) is 9.20. The molecule has 2 heterocycles. The summed E-state index contributed by atoms with van der Waals surface area (Å²) in [6.07, 6.45) is 1.44. The van der Waals surface area contributed by atoms with Crippen molar-refractivity contribution in [3.8, 4) is 0 Å². The molecule has 2 aliphatic heterocycles. The van der Waals surface area contributed by atoms with E-state index in [1.54, 1.807) is 17.0 Å². The molecule has 35 heavy (non-hydrogen) atoms. The Morgan fingerprint density at radius 2 is 1.46 bits per heavy atom. The SMILES string of the molecule is O=C(NCCCN1CCN(c2ccccc2)CC1)C1Cc2ccccc2N1C(=O)c1ccccc1. The zero-order valence-electron chi connectivity index (χ0n) is 20.0. The van der Waals surface area contributed by atoms with Gasteiger partial charge in [0.15, 0.2) is 0 Å². The summed E-state index contributed by atoms with van der Waals surface area (Å²) in [5, 5.41) is 3.10. The van der Waals surface area contributed by atoms with Crippen LogP contribution in [0.3, 0.4) is 0 Å². The van der Waals surface area contributed by atoms with Crippen LogP contribution in [0.1, 0.15) is 22.3 Å². The third-order valence-electron chi connectivity index (χ3n) is 6.96. The number of para-hydroxylation sites is 2. The monoisotopic (exact) mass is 468 g/mol. The van der Waals surface area contributed by atoms with E-state index in [0.29, 0.717) is 18.5 Å². The molecule has 1 unspecified atom stereocenters. The molecule has 3 aromatic rings. The molecule has 3 aromatic carbocycles. The maximum Gasteiger partial charge on any atom is 0.259 e. The van der Waals surface area contributed by atoms with Crippen molar-refractivity contribution in [2.24, 2.45) is 0 Å². The van der Waals surface area contributed by atoms with E-state index < -0.39 is 6.04 Å². The lowest BCUT2D eigenvalue weighted by atomic mass is 10.1. The first-order valence-corrected chi connectivity index (χ1v) is 12.5. The van der Waals surface area contributed by atoms with E-state index in [2.05, 4.69) is 45.4 Å². The number of rotatable bonds is 7. The number of amides is 2. The molecule has 1 saturated heterocycles. The Balaban J connectivity index is 1.13. The van der Waals surface area contributed by atoms with Crippen molar-refractivity contribution >= 4 is 23.2 Å². The number of anilines is 2. The number of fused-ring (bicyclic) bond motifs is 1. The highest BCUT2D eigenvalue weighted by atomic mass is 16.2. The van der Waals surface area contributed by atoms with Crippen LogP contribution >= 0.6 is 0 Å². The van der Waals surface area contributed by atoms with E-state index in [1.807, 2.05) is 42.5 Å². The Morgan fingerprint density at radius 1 is 0.800 bits per heavy atom. The summed E-state index contributed by atoms with van der Waals surface area (Å²) < 4.78 is 0. The molecule has 0 bridgehead atoms. The molecule has 2 aliphatic rings. The Kier molecular flexibility index (Phi) is 7.09. The van der Waals surface area contributed by atoms with E-state index in [4.69, 9.17) is 0 Å². The summed E-state index contributed by atoms with van der Waals surface area (Å²) >= 11 is 0. The smallest absolute Gasteiger partial charge is 0.259 e. The molecule has 0 aliphatic carbocycles. The number of piperazine rings is 1. The van der Waals surface area contributed by atoms with Gasteiger partial charge in [0.05, 0.1) is 0 Å². The predicted molar refractivity (Wildman–Crippen MR) is 140 cm³/mol. The lowest BCUT2D eigenvalue weighted by Gasteiger charge is -2.36. The number of benzene rings is 3. The number of carbonyl (C=O) groups excluding carboxylic acids is 2. The Labute approximate surface area is 207 Å². The molecule has 1 N–H and O–H groups in total. The highest BCUT2D eigenvalue weighted by Gasteiger charge is 2.38. The molecular weight excluding hydrogens is 436 g/mol. The summed E-state index contributed by atoms with van der Waals surface area (Å²) in [4.78, 5) is 33.1. The number of nitrogens with one attached hydrogen (secondary N) is 1. The molecule has 0 aromatic heterocycles. The third-order valence-corrected chi connectivity index (χ3v) is 6.96. The van der Waals surface area contributed by atoms with Crippen molar-refractivity contribution in [2.75, 3.05) is 49.1 Å². The first-order valence-electron chi connectivity index (χ1n) is 12.5. The number of carbonyl (C=O) groups is 2. The van der Waals surface area contributed by atoms with Gasteiger partial charge >= 0.3 is 0 Å². The van der Waals surface area contributed by atoms with Crippen molar-refractivity contribution in [3.05, 3.63) is 96.1 Å². The molecule has 1 fully saturated rings. The number of hydrogen-bond donors (Lipinski definition) is 1. The molecular formula is C29H32N4O2. The van der Waals surface area contributed by atoms with E-state index in [1.165, 1.54) is 5.69 Å². The van der Waals surface area contributed by atoms with Crippen LogP contribution in [0.5, 0.6) is 0 Å². The van der Waals surface area contributed by atoms with Crippen molar-refractivity contribution in [3.63, 3.8) is 0 Å². The average Bonchev–Trinajstić information content (AvgIpc) is 3.32. The maximum absolute atomic E-state index is 13.3. The first-order chi connectivity index (χ1) is 17.2. The molecule has 6 heteroatoms. The Hall–Kier alpha value is -3.64. The minimum Gasteiger partial charge on any atom is -0.369 e.